The Kier molecular flexibility index (Phi) is 1.44. The highest BCUT2D eigenvalue weighted by Crippen LogP contribution is 2.03. The summed E-state index contributed by atoms with van der Waals surface area (Å²) in [7, 11) is 4.83. The van der Waals surface area contributed by atoms with Gasteiger partial charge in [-0.2, -0.15) is 0 Å². The highest BCUT2D eigenvalue weighted by Gasteiger charge is 2.00. The van der Waals surface area contributed by atoms with E-state index in [9.17, 15) is 0 Å². The molecule has 3 heteroatoms. The fraction of sp³-hybridized carbons (Fsp3) is 1.00. The Morgan fingerprint density at radius 2 is 2.00 bits per heavy atom. The molecule has 28 valence electrons. The second-order valence-electron chi connectivity index (χ2n) is 1.02. The van der Waals surface area contributed by atoms with E-state index in [1.165, 1.54) is 6.92 Å². The van der Waals surface area contributed by atoms with Crippen LogP contribution >= 0.6 is 15.9 Å². The third-order valence-corrected chi connectivity index (χ3v) is 0. The van der Waals surface area contributed by atoms with Gasteiger partial charge in [0.05, 0.1) is 4.41 Å². The Bertz CT molecular complexity index is 25.1. The third-order valence-electron chi connectivity index (χ3n) is 0. The fourth-order valence-electron chi connectivity index (χ4n) is 0. The van der Waals surface area contributed by atoms with Crippen LogP contribution in [0.3, 0.4) is 0 Å². The summed E-state index contributed by atoms with van der Waals surface area (Å²) in [6.07, 6.45) is 0. The molecule has 0 aliphatic rings. The standard InChI is InChI=1S/C2H4BBrO/c1-2(3,4)5/h5H,1H3. The molecule has 0 aliphatic heterocycles. The minimum atomic E-state index is -1.19. The Hall–Kier alpha value is 0.505. The average Bonchev–Trinajstić information content (AvgIpc) is 0.722. The second-order valence-corrected chi connectivity index (χ2v) is 2.63. The molecule has 0 rings (SSSR count). The molecule has 5 heavy (non-hydrogen) atoms. The zero-order valence-corrected chi connectivity index (χ0v) is 4.49. The first-order chi connectivity index (χ1) is 2.00. The van der Waals surface area contributed by atoms with Crippen molar-refractivity contribution in [2.45, 2.75) is 11.3 Å². The van der Waals surface area contributed by atoms with E-state index >= 15 is 0 Å². The van der Waals surface area contributed by atoms with Crippen molar-refractivity contribution in [2.75, 3.05) is 0 Å². The quantitative estimate of drug-likeness (QED) is 0.371. The van der Waals surface area contributed by atoms with Crippen molar-refractivity contribution in [3.05, 3.63) is 0 Å². The molecular weight excluding hydrogens is 131 g/mol. The molecule has 0 aliphatic carbocycles. The maximum Gasteiger partial charge on any atom is 0.129 e. The van der Waals surface area contributed by atoms with Gasteiger partial charge in [-0.3, -0.25) is 0 Å². The van der Waals surface area contributed by atoms with E-state index in [0.29, 0.717) is 0 Å². The molecule has 1 unspecified atom stereocenters. The van der Waals surface area contributed by atoms with Crippen molar-refractivity contribution < 1.29 is 5.11 Å². The highest BCUT2D eigenvalue weighted by molar-refractivity contribution is 9.10. The molecule has 1 atom stereocenters. The van der Waals surface area contributed by atoms with Gasteiger partial charge in [-0.15, -0.1) is 0 Å². The molecule has 1 N–H and O–H groups in total. The van der Waals surface area contributed by atoms with Crippen LogP contribution in [0.2, 0.25) is 0 Å². The molecular formula is C2H4BBrO. The van der Waals surface area contributed by atoms with Crippen LogP contribution in [-0.2, 0) is 0 Å². The van der Waals surface area contributed by atoms with Gasteiger partial charge < -0.3 is 5.11 Å². The first-order valence-corrected chi connectivity index (χ1v) is 1.99. The van der Waals surface area contributed by atoms with Crippen LogP contribution in [0.5, 0.6) is 0 Å². The minimum Gasteiger partial charge on any atom is -0.389 e. The number of halogens is 1. The van der Waals surface area contributed by atoms with E-state index < -0.39 is 4.41 Å². The number of alkyl halides is 1. The summed E-state index contributed by atoms with van der Waals surface area (Å²) in [6.45, 7) is 1.44. The lowest BCUT2D eigenvalue weighted by molar-refractivity contribution is 0.250. The van der Waals surface area contributed by atoms with E-state index in [1.54, 1.807) is 0 Å². The van der Waals surface area contributed by atoms with Crippen molar-refractivity contribution in [1.82, 2.24) is 0 Å². The van der Waals surface area contributed by atoms with E-state index in [2.05, 4.69) is 15.9 Å². The molecule has 2 radical (unpaired) electrons. The summed E-state index contributed by atoms with van der Waals surface area (Å²) in [5.41, 5.74) is 0. The van der Waals surface area contributed by atoms with Crippen molar-refractivity contribution in [3.8, 4) is 0 Å². The van der Waals surface area contributed by atoms with Gasteiger partial charge in [0.2, 0.25) is 0 Å². The van der Waals surface area contributed by atoms with Crippen LogP contribution in [0.15, 0.2) is 0 Å². The first kappa shape index (κ1) is 5.50. The molecule has 0 fully saturated rings. The van der Waals surface area contributed by atoms with E-state index in [0.717, 1.165) is 0 Å². The summed E-state index contributed by atoms with van der Waals surface area (Å²) >= 11 is 2.71. The average molecular weight is 135 g/mol. The molecule has 0 amide bonds. The van der Waals surface area contributed by atoms with Gasteiger partial charge in [-0.05, 0) is 6.92 Å². The van der Waals surface area contributed by atoms with Crippen LogP contribution in [0, 0.1) is 0 Å². The van der Waals surface area contributed by atoms with Crippen molar-refractivity contribution in [3.63, 3.8) is 0 Å². The van der Waals surface area contributed by atoms with Crippen molar-refractivity contribution in [1.29, 1.82) is 0 Å². The summed E-state index contributed by atoms with van der Waals surface area (Å²) < 4.78 is -1.19. The molecule has 0 aromatic carbocycles. The Balaban J connectivity index is 3.02. The smallest absolute Gasteiger partial charge is 0.129 e. The molecule has 0 heterocycles. The van der Waals surface area contributed by atoms with Crippen LogP contribution < -0.4 is 0 Å². The fourth-order valence-corrected chi connectivity index (χ4v) is 0. The number of hydrogen-bond donors (Lipinski definition) is 1. The third kappa shape index (κ3) is 111. The van der Waals surface area contributed by atoms with Gasteiger partial charge in [0, 0.05) is 0 Å². The molecule has 0 saturated carbocycles. The van der Waals surface area contributed by atoms with Gasteiger partial charge >= 0.3 is 0 Å². The Morgan fingerprint density at radius 1 is 2.00 bits per heavy atom. The van der Waals surface area contributed by atoms with E-state index in [1.807, 2.05) is 0 Å². The number of rotatable bonds is 0. The molecule has 0 spiro atoms. The van der Waals surface area contributed by atoms with Gasteiger partial charge in [0.25, 0.3) is 0 Å². The largest absolute Gasteiger partial charge is 0.389 e. The highest BCUT2D eigenvalue weighted by atomic mass is 79.9. The molecule has 0 aromatic rings. The minimum absolute atomic E-state index is 1.19. The first-order valence-electron chi connectivity index (χ1n) is 1.20. The van der Waals surface area contributed by atoms with E-state index in [4.69, 9.17) is 13.0 Å². The van der Waals surface area contributed by atoms with Crippen molar-refractivity contribution >= 4 is 23.8 Å². The molecule has 0 saturated heterocycles. The second kappa shape index (κ2) is 1.31. The topological polar surface area (TPSA) is 20.2 Å². The Morgan fingerprint density at radius 3 is 2.00 bits per heavy atom. The zero-order chi connectivity index (χ0) is 4.50. The SMILES string of the molecule is [B]C(C)(O)Br. The van der Waals surface area contributed by atoms with Crippen LogP contribution in [0.4, 0.5) is 0 Å². The van der Waals surface area contributed by atoms with Gasteiger partial charge in [-0.1, -0.05) is 15.9 Å². The predicted octanol–water partition coefficient (Wildman–Crippen LogP) is 0.216. The van der Waals surface area contributed by atoms with Crippen LogP contribution in [0.1, 0.15) is 6.92 Å². The van der Waals surface area contributed by atoms with Gasteiger partial charge in [0.15, 0.2) is 0 Å². The predicted molar refractivity (Wildman–Crippen MR) is 25.3 cm³/mol. The molecule has 0 aromatic heterocycles. The van der Waals surface area contributed by atoms with Gasteiger partial charge in [-0.25, -0.2) is 0 Å². The number of hydrogen-bond acceptors (Lipinski definition) is 1. The molecule has 1 nitrogen and oxygen atoms in total. The van der Waals surface area contributed by atoms with E-state index in [-0.39, 0.29) is 0 Å². The maximum absolute atomic E-state index is 8.22. The lowest BCUT2D eigenvalue weighted by Crippen LogP contribution is -2.11. The summed E-state index contributed by atoms with van der Waals surface area (Å²) in [5, 5.41) is 8.22. The summed E-state index contributed by atoms with van der Waals surface area (Å²) in [6, 6.07) is 0. The van der Waals surface area contributed by atoms with Gasteiger partial charge in [0.1, 0.15) is 7.85 Å². The maximum atomic E-state index is 8.22. The molecule has 0 bridgehead atoms. The van der Waals surface area contributed by atoms with Crippen LogP contribution in [0.25, 0.3) is 0 Å². The van der Waals surface area contributed by atoms with Crippen molar-refractivity contribution in [2.24, 2.45) is 0 Å². The summed E-state index contributed by atoms with van der Waals surface area (Å²) in [5.74, 6) is 0. The normalized spacial score (nSPS) is 21.4. The summed E-state index contributed by atoms with van der Waals surface area (Å²) in [4.78, 5) is 0. The monoisotopic (exact) mass is 134 g/mol. The number of aliphatic hydroxyl groups is 1. The Labute approximate surface area is 40.9 Å². The zero-order valence-electron chi connectivity index (χ0n) is 2.90. The lowest BCUT2D eigenvalue weighted by Gasteiger charge is -2.02. The lowest BCUT2D eigenvalue weighted by atomic mass is 10.0. The van der Waals surface area contributed by atoms with Crippen LogP contribution in [-0.4, -0.2) is 17.4 Å².